The van der Waals surface area contributed by atoms with Gasteiger partial charge in [-0.15, -0.1) is 0 Å². The van der Waals surface area contributed by atoms with E-state index in [0.717, 1.165) is 43.2 Å². The third-order valence-corrected chi connectivity index (χ3v) is 7.49. The highest BCUT2D eigenvalue weighted by Gasteiger charge is 2.54. The Kier molecular flexibility index (Phi) is 6.02. The van der Waals surface area contributed by atoms with Crippen molar-refractivity contribution in [3.8, 4) is 0 Å². The van der Waals surface area contributed by atoms with Crippen molar-refractivity contribution in [1.82, 2.24) is 15.2 Å². The monoisotopic (exact) mass is 445 g/mol. The molecule has 0 bridgehead atoms. The summed E-state index contributed by atoms with van der Waals surface area (Å²) in [5.41, 5.74) is 3.65. The minimum absolute atomic E-state index is 0.148. The van der Waals surface area contributed by atoms with Gasteiger partial charge in [0.2, 0.25) is 5.91 Å². The summed E-state index contributed by atoms with van der Waals surface area (Å²) in [7, 11) is 0. The lowest BCUT2D eigenvalue weighted by Gasteiger charge is -2.44. The lowest BCUT2D eigenvalue weighted by Crippen LogP contribution is -2.52. The van der Waals surface area contributed by atoms with Gasteiger partial charge in [0, 0.05) is 43.1 Å². The van der Waals surface area contributed by atoms with Gasteiger partial charge in [0.05, 0.1) is 17.7 Å². The Morgan fingerprint density at radius 2 is 2.00 bits per heavy atom. The number of rotatable bonds is 5. The van der Waals surface area contributed by atoms with Gasteiger partial charge in [-0.3, -0.25) is 14.6 Å². The van der Waals surface area contributed by atoms with Gasteiger partial charge in [-0.05, 0) is 62.3 Å². The van der Waals surface area contributed by atoms with Crippen molar-refractivity contribution in [2.75, 3.05) is 19.7 Å². The van der Waals surface area contributed by atoms with Crippen LogP contribution in [0.4, 0.5) is 0 Å². The van der Waals surface area contributed by atoms with E-state index in [-0.39, 0.29) is 29.4 Å². The number of allylic oxidation sites excluding steroid dienone is 1. The minimum Gasteiger partial charge on any atom is -0.375 e. The molecule has 0 radical (unpaired) electrons. The highest BCUT2D eigenvalue weighted by Crippen LogP contribution is 2.52. The molecule has 33 heavy (non-hydrogen) atoms. The maximum Gasteiger partial charge on any atom is 0.253 e. The van der Waals surface area contributed by atoms with Crippen LogP contribution in [0.2, 0.25) is 0 Å². The molecule has 6 heteroatoms. The third kappa shape index (κ3) is 3.86. The average molecular weight is 446 g/mol. The average Bonchev–Trinajstić information content (AvgIpc) is 3.48. The molecular weight excluding hydrogens is 414 g/mol. The maximum atomic E-state index is 13.1. The summed E-state index contributed by atoms with van der Waals surface area (Å²) in [6.07, 6.45) is 9.81. The van der Waals surface area contributed by atoms with E-state index in [1.54, 1.807) is 24.5 Å². The molecule has 3 aliphatic rings. The van der Waals surface area contributed by atoms with Gasteiger partial charge in [-0.1, -0.05) is 30.3 Å². The van der Waals surface area contributed by atoms with Gasteiger partial charge in [-0.25, -0.2) is 0 Å². The van der Waals surface area contributed by atoms with Crippen molar-refractivity contribution >= 4 is 11.8 Å². The number of piperidine rings is 1. The molecule has 2 aromatic rings. The quantitative estimate of drug-likeness (QED) is 0.757. The first-order valence-corrected chi connectivity index (χ1v) is 12.0. The number of nitrogens with zero attached hydrogens (tertiary/aromatic N) is 2. The van der Waals surface area contributed by atoms with Crippen molar-refractivity contribution in [3.63, 3.8) is 0 Å². The van der Waals surface area contributed by atoms with Crippen molar-refractivity contribution in [3.05, 3.63) is 77.1 Å². The Morgan fingerprint density at radius 3 is 2.70 bits per heavy atom. The maximum absolute atomic E-state index is 13.1. The zero-order valence-electron chi connectivity index (χ0n) is 19.1. The first-order chi connectivity index (χ1) is 16.1. The first-order valence-electron chi connectivity index (χ1n) is 12.0. The molecule has 1 N–H and O–H groups in total. The molecule has 2 aliphatic carbocycles. The molecule has 2 amide bonds. The number of hydrogen-bond acceptors (Lipinski definition) is 4. The Balaban J connectivity index is 1.42. The number of carbonyl (C=O) groups excluding carboxylic acids is 2. The van der Waals surface area contributed by atoms with Crippen LogP contribution in [0.25, 0.3) is 0 Å². The molecule has 5 rings (SSSR count). The molecule has 6 nitrogen and oxygen atoms in total. The molecule has 2 heterocycles. The fourth-order valence-corrected chi connectivity index (χ4v) is 5.90. The third-order valence-electron chi connectivity index (χ3n) is 7.49. The Labute approximate surface area is 195 Å². The van der Waals surface area contributed by atoms with Gasteiger partial charge in [-0.2, -0.15) is 0 Å². The summed E-state index contributed by atoms with van der Waals surface area (Å²) in [5.74, 6) is 0.0495. The van der Waals surface area contributed by atoms with Gasteiger partial charge in [0.15, 0.2) is 0 Å². The summed E-state index contributed by atoms with van der Waals surface area (Å²) < 4.78 is 6.38. The molecule has 1 aromatic carbocycles. The number of benzene rings is 1. The van der Waals surface area contributed by atoms with Crippen LogP contribution in [0, 0.1) is 0 Å². The van der Waals surface area contributed by atoms with Crippen molar-refractivity contribution in [2.24, 2.45) is 0 Å². The van der Waals surface area contributed by atoms with E-state index < -0.39 is 0 Å². The fourth-order valence-electron chi connectivity index (χ4n) is 5.90. The van der Waals surface area contributed by atoms with Crippen LogP contribution in [-0.2, 0) is 14.9 Å². The second kappa shape index (κ2) is 9.10. The highest BCUT2D eigenvalue weighted by molar-refractivity contribution is 5.94. The topological polar surface area (TPSA) is 71.5 Å². The minimum atomic E-state index is -0.242. The molecule has 1 aromatic heterocycles. The molecule has 0 saturated carbocycles. The smallest absolute Gasteiger partial charge is 0.253 e. The second-order valence-electron chi connectivity index (χ2n) is 9.23. The molecule has 2 atom stereocenters. The second-order valence-corrected chi connectivity index (χ2v) is 9.23. The zero-order chi connectivity index (χ0) is 22.8. The van der Waals surface area contributed by atoms with Crippen LogP contribution < -0.4 is 5.32 Å². The standard InChI is InChI=1S/C27H31N3O3/c1-2-33-24-23(29-25(31)20-10-7-15-28-18-20)21-11-5-6-12-22(21)27(24)13-16-30(17-14-27)26(32)19-8-3-4-9-19/h5-8,10-12,15,18,23-24H,2-4,9,13-14,16-17H2,1H3,(H,29,31)/t23-,24+/m1/s1. The van der Waals surface area contributed by atoms with Crippen LogP contribution in [0.15, 0.2) is 60.4 Å². The molecule has 1 aliphatic heterocycles. The van der Waals surface area contributed by atoms with E-state index in [1.165, 1.54) is 5.56 Å². The molecular formula is C27H31N3O3. The van der Waals surface area contributed by atoms with E-state index >= 15 is 0 Å². The number of ether oxygens (including phenoxy) is 1. The van der Waals surface area contributed by atoms with E-state index in [0.29, 0.717) is 25.3 Å². The highest BCUT2D eigenvalue weighted by atomic mass is 16.5. The van der Waals surface area contributed by atoms with Crippen LogP contribution in [-0.4, -0.2) is 47.5 Å². The molecule has 0 unspecified atom stereocenters. The van der Waals surface area contributed by atoms with Gasteiger partial charge in [0.25, 0.3) is 5.91 Å². The Hall–Kier alpha value is -2.99. The van der Waals surface area contributed by atoms with Gasteiger partial charge >= 0.3 is 0 Å². The molecule has 172 valence electrons. The predicted octanol–water partition coefficient (Wildman–Crippen LogP) is 3.94. The number of carbonyl (C=O) groups is 2. The van der Waals surface area contributed by atoms with Gasteiger partial charge < -0.3 is 15.0 Å². The lowest BCUT2D eigenvalue weighted by atomic mass is 9.71. The molecule has 1 saturated heterocycles. The van der Waals surface area contributed by atoms with Crippen molar-refractivity contribution < 1.29 is 14.3 Å². The number of fused-ring (bicyclic) bond motifs is 2. The summed E-state index contributed by atoms with van der Waals surface area (Å²) in [4.78, 5) is 32.1. The van der Waals surface area contributed by atoms with E-state index in [1.807, 2.05) is 17.9 Å². The summed E-state index contributed by atoms with van der Waals surface area (Å²) in [6.45, 7) is 3.98. The number of amides is 2. The van der Waals surface area contributed by atoms with Crippen molar-refractivity contribution in [2.45, 2.75) is 56.6 Å². The summed E-state index contributed by atoms with van der Waals surface area (Å²) in [5, 5.41) is 3.24. The number of aromatic nitrogens is 1. The van der Waals surface area contributed by atoms with Gasteiger partial charge in [0.1, 0.15) is 0 Å². The van der Waals surface area contributed by atoms with Crippen LogP contribution in [0.3, 0.4) is 0 Å². The summed E-state index contributed by atoms with van der Waals surface area (Å²) >= 11 is 0. The number of hydrogen-bond donors (Lipinski definition) is 1. The van der Waals surface area contributed by atoms with E-state index in [4.69, 9.17) is 4.74 Å². The number of pyridine rings is 1. The SMILES string of the molecule is CCO[C@H]1[C@H](NC(=O)c2cccnc2)c2ccccc2C12CCN(C(=O)C1=CCCC1)CC2. The molecule has 1 fully saturated rings. The summed E-state index contributed by atoms with van der Waals surface area (Å²) in [6, 6.07) is 11.7. The van der Waals surface area contributed by atoms with Crippen LogP contribution in [0.5, 0.6) is 0 Å². The molecule has 1 spiro atoms. The number of nitrogens with one attached hydrogen (secondary N) is 1. The fraction of sp³-hybridized carbons (Fsp3) is 0.444. The first kappa shape index (κ1) is 21.8. The Bertz CT molecular complexity index is 1060. The Morgan fingerprint density at radius 1 is 1.18 bits per heavy atom. The van der Waals surface area contributed by atoms with E-state index in [2.05, 4.69) is 34.6 Å². The van der Waals surface area contributed by atoms with Crippen molar-refractivity contribution in [1.29, 1.82) is 0 Å². The normalized spacial score (nSPS) is 23.3. The van der Waals surface area contributed by atoms with Crippen LogP contribution in [0.1, 0.15) is 66.6 Å². The van der Waals surface area contributed by atoms with Crippen LogP contribution >= 0.6 is 0 Å². The largest absolute Gasteiger partial charge is 0.375 e. The van der Waals surface area contributed by atoms with E-state index in [9.17, 15) is 9.59 Å². The lowest BCUT2D eigenvalue weighted by molar-refractivity contribution is -0.130. The number of likely N-dealkylation sites (tertiary alicyclic amines) is 1. The zero-order valence-corrected chi connectivity index (χ0v) is 19.1. The predicted molar refractivity (Wildman–Crippen MR) is 126 cm³/mol.